The van der Waals surface area contributed by atoms with E-state index in [2.05, 4.69) is 16.9 Å². The first-order valence-electron chi connectivity index (χ1n) is 12.0. The second-order valence-corrected chi connectivity index (χ2v) is 8.59. The lowest BCUT2D eigenvalue weighted by Crippen LogP contribution is -2.34. The maximum Gasteiger partial charge on any atom is 0.348 e. The van der Waals surface area contributed by atoms with Gasteiger partial charge >= 0.3 is 5.97 Å². The van der Waals surface area contributed by atoms with Crippen molar-refractivity contribution >= 4 is 5.97 Å². The molecule has 0 fully saturated rings. The molecule has 0 aliphatic heterocycles. The van der Waals surface area contributed by atoms with Crippen LogP contribution in [0.5, 0.6) is 11.5 Å². The number of hydrogen-bond acceptors (Lipinski definition) is 5. The summed E-state index contributed by atoms with van der Waals surface area (Å²) in [6.45, 7) is 6.17. The summed E-state index contributed by atoms with van der Waals surface area (Å²) in [7, 11) is 0. The molecule has 1 unspecified atom stereocenters. The number of nitrogens with zero attached hydrogens (tertiary/aromatic N) is 2. The van der Waals surface area contributed by atoms with Gasteiger partial charge in [-0.3, -0.25) is 0 Å². The summed E-state index contributed by atoms with van der Waals surface area (Å²) in [6.07, 6.45) is 8.31. The van der Waals surface area contributed by atoms with Gasteiger partial charge in [0.2, 0.25) is 5.67 Å². The number of unbranched alkanes of at least 4 members (excludes halogenated alkanes) is 3. The predicted molar refractivity (Wildman–Crippen MR) is 133 cm³/mol. The second-order valence-electron chi connectivity index (χ2n) is 8.59. The zero-order chi connectivity index (χ0) is 24.4. The van der Waals surface area contributed by atoms with E-state index in [9.17, 15) is 9.18 Å². The van der Waals surface area contributed by atoms with Crippen molar-refractivity contribution in [3.05, 3.63) is 60.9 Å². The molecule has 0 saturated heterocycles. The van der Waals surface area contributed by atoms with E-state index in [0.29, 0.717) is 24.6 Å². The third-order valence-electron chi connectivity index (χ3n) is 5.60. The standard InChI is InChI=1S/C28H33FN2O3/c1-4-6-8-17-28(3,29)27(32)34-25-15-9-21(10-16-25)23-19-30-26(31-20-23)22-11-13-24(14-12-22)33-18-7-5-2/h9-16,19-20H,4-8,17-18H2,1-3H3. The Labute approximate surface area is 201 Å². The smallest absolute Gasteiger partial charge is 0.348 e. The Morgan fingerprint density at radius 3 is 2.03 bits per heavy atom. The summed E-state index contributed by atoms with van der Waals surface area (Å²) >= 11 is 0. The minimum atomic E-state index is -1.99. The van der Waals surface area contributed by atoms with Crippen molar-refractivity contribution in [3.8, 4) is 34.0 Å². The number of ether oxygens (including phenoxy) is 2. The van der Waals surface area contributed by atoms with E-state index in [1.165, 1.54) is 6.92 Å². The average molecular weight is 465 g/mol. The van der Waals surface area contributed by atoms with Crippen LogP contribution < -0.4 is 9.47 Å². The number of aromatic nitrogens is 2. The third kappa shape index (κ3) is 7.11. The summed E-state index contributed by atoms with van der Waals surface area (Å²) in [5.41, 5.74) is 0.620. The molecular weight excluding hydrogens is 431 g/mol. The number of halogens is 1. The van der Waals surface area contributed by atoms with Gasteiger partial charge in [-0.15, -0.1) is 0 Å². The molecule has 0 aliphatic carbocycles. The molecule has 0 N–H and O–H groups in total. The molecule has 0 amide bonds. The molecule has 3 rings (SSSR count). The highest BCUT2D eigenvalue weighted by Crippen LogP contribution is 2.26. The van der Waals surface area contributed by atoms with Gasteiger partial charge < -0.3 is 9.47 Å². The summed E-state index contributed by atoms with van der Waals surface area (Å²) in [5.74, 6) is 0.918. The zero-order valence-corrected chi connectivity index (χ0v) is 20.2. The first-order chi connectivity index (χ1) is 16.4. The van der Waals surface area contributed by atoms with Crippen molar-refractivity contribution in [2.75, 3.05) is 6.61 Å². The Balaban J connectivity index is 1.60. The van der Waals surface area contributed by atoms with Gasteiger partial charge in [-0.25, -0.2) is 19.2 Å². The van der Waals surface area contributed by atoms with Crippen LogP contribution in [-0.2, 0) is 4.79 Å². The van der Waals surface area contributed by atoms with Crippen LogP contribution in [0.4, 0.5) is 4.39 Å². The SMILES string of the molecule is CCCCCC(C)(F)C(=O)Oc1ccc(-c2cnc(-c3ccc(OCCCC)cc3)nc2)cc1. The lowest BCUT2D eigenvalue weighted by atomic mass is 10.0. The third-order valence-corrected chi connectivity index (χ3v) is 5.60. The number of rotatable bonds is 12. The van der Waals surface area contributed by atoms with E-state index >= 15 is 0 Å². The highest BCUT2D eigenvalue weighted by atomic mass is 19.1. The molecule has 2 aromatic carbocycles. The van der Waals surface area contributed by atoms with Gasteiger partial charge in [-0.05, 0) is 68.1 Å². The zero-order valence-electron chi connectivity index (χ0n) is 20.2. The molecular formula is C28H33FN2O3. The average Bonchev–Trinajstić information content (AvgIpc) is 2.85. The van der Waals surface area contributed by atoms with E-state index in [1.54, 1.807) is 36.7 Å². The van der Waals surface area contributed by atoms with E-state index in [4.69, 9.17) is 9.47 Å². The molecule has 0 radical (unpaired) electrons. The number of alkyl halides is 1. The van der Waals surface area contributed by atoms with Gasteiger partial charge in [-0.2, -0.15) is 0 Å². The van der Waals surface area contributed by atoms with Crippen molar-refractivity contribution < 1.29 is 18.7 Å². The van der Waals surface area contributed by atoms with E-state index in [1.807, 2.05) is 31.2 Å². The molecule has 0 saturated carbocycles. The van der Waals surface area contributed by atoms with Crippen LogP contribution in [0.3, 0.4) is 0 Å². The van der Waals surface area contributed by atoms with Crippen molar-refractivity contribution in [2.24, 2.45) is 0 Å². The van der Waals surface area contributed by atoms with E-state index < -0.39 is 11.6 Å². The minimum Gasteiger partial charge on any atom is -0.494 e. The molecule has 6 heteroatoms. The molecule has 0 spiro atoms. The highest BCUT2D eigenvalue weighted by Gasteiger charge is 2.34. The number of benzene rings is 2. The maximum atomic E-state index is 14.6. The first-order valence-corrected chi connectivity index (χ1v) is 12.0. The molecule has 180 valence electrons. The fourth-order valence-corrected chi connectivity index (χ4v) is 3.40. The van der Waals surface area contributed by atoms with E-state index in [-0.39, 0.29) is 6.42 Å². The molecule has 1 heterocycles. The van der Waals surface area contributed by atoms with Gasteiger partial charge in [0, 0.05) is 23.5 Å². The number of esters is 1. The molecule has 3 aromatic rings. The molecule has 34 heavy (non-hydrogen) atoms. The first kappa shape index (κ1) is 25.3. The molecule has 1 aromatic heterocycles. The summed E-state index contributed by atoms with van der Waals surface area (Å²) < 4.78 is 25.6. The Hall–Kier alpha value is -3.28. The van der Waals surface area contributed by atoms with Crippen LogP contribution >= 0.6 is 0 Å². The fraction of sp³-hybridized carbons (Fsp3) is 0.393. The van der Waals surface area contributed by atoms with Crippen molar-refractivity contribution in [1.82, 2.24) is 9.97 Å². The quantitative estimate of drug-likeness (QED) is 0.161. The predicted octanol–water partition coefficient (Wildman–Crippen LogP) is 7.20. The minimum absolute atomic E-state index is 0.163. The van der Waals surface area contributed by atoms with Crippen LogP contribution in [-0.4, -0.2) is 28.2 Å². The molecule has 5 nitrogen and oxygen atoms in total. The lowest BCUT2D eigenvalue weighted by molar-refractivity contribution is -0.147. The Bertz CT molecular complexity index is 1030. The van der Waals surface area contributed by atoms with Gasteiger partial charge in [0.15, 0.2) is 5.82 Å². The number of hydrogen-bond donors (Lipinski definition) is 0. The topological polar surface area (TPSA) is 61.3 Å². The van der Waals surface area contributed by atoms with Gasteiger partial charge in [-0.1, -0.05) is 45.2 Å². The summed E-state index contributed by atoms with van der Waals surface area (Å²) in [5, 5.41) is 0. The Morgan fingerprint density at radius 2 is 1.41 bits per heavy atom. The van der Waals surface area contributed by atoms with Crippen LogP contribution in [0.25, 0.3) is 22.5 Å². The molecule has 0 aliphatic rings. The van der Waals surface area contributed by atoms with Crippen molar-refractivity contribution in [1.29, 1.82) is 0 Å². The Kier molecular flexibility index (Phi) is 9.14. The second kappa shape index (κ2) is 12.3. The fourth-order valence-electron chi connectivity index (χ4n) is 3.40. The molecule has 1 atom stereocenters. The van der Waals surface area contributed by atoms with Gasteiger partial charge in [0.25, 0.3) is 0 Å². The maximum absolute atomic E-state index is 14.6. The van der Waals surface area contributed by atoms with Crippen molar-refractivity contribution in [3.63, 3.8) is 0 Å². The lowest BCUT2D eigenvalue weighted by Gasteiger charge is -2.18. The van der Waals surface area contributed by atoms with Crippen LogP contribution in [0.15, 0.2) is 60.9 Å². The monoisotopic (exact) mass is 464 g/mol. The van der Waals surface area contributed by atoms with Gasteiger partial charge in [0.1, 0.15) is 11.5 Å². The van der Waals surface area contributed by atoms with Crippen LogP contribution in [0.2, 0.25) is 0 Å². The van der Waals surface area contributed by atoms with E-state index in [0.717, 1.165) is 48.1 Å². The van der Waals surface area contributed by atoms with Gasteiger partial charge in [0.05, 0.1) is 6.61 Å². The van der Waals surface area contributed by atoms with Crippen LogP contribution in [0, 0.1) is 0 Å². The highest BCUT2D eigenvalue weighted by molar-refractivity contribution is 5.81. The molecule has 0 bridgehead atoms. The normalized spacial score (nSPS) is 12.7. The van der Waals surface area contributed by atoms with Crippen LogP contribution in [0.1, 0.15) is 59.3 Å². The number of carbonyl (C=O) groups excluding carboxylic acids is 1. The summed E-state index contributed by atoms with van der Waals surface area (Å²) in [4.78, 5) is 21.2. The summed E-state index contributed by atoms with van der Waals surface area (Å²) in [6, 6.07) is 14.6. The largest absolute Gasteiger partial charge is 0.494 e. The number of carbonyl (C=O) groups is 1. The van der Waals surface area contributed by atoms with Crippen molar-refractivity contribution in [2.45, 2.75) is 65.0 Å². The Morgan fingerprint density at radius 1 is 0.824 bits per heavy atom.